The van der Waals surface area contributed by atoms with Gasteiger partial charge in [-0.25, -0.2) is 4.98 Å². The SMILES string of the molecule is Cc1ccc(C)c(N2CCN(C(=O)c3csc(Nc4cccc(Cl)c4)n3)CC2)c1. The van der Waals surface area contributed by atoms with Crippen molar-refractivity contribution in [2.75, 3.05) is 36.4 Å². The highest BCUT2D eigenvalue weighted by Gasteiger charge is 2.24. The van der Waals surface area contributed by atoms with E-state index in [0.29, 0.717) is 28.9 Å². The van der Waals surface area contributed by atoms with Crippen molar-refractivity contribution in [1.29, 1.82) is 0 Å². The number of carbonyl (C=O) groups is 1. The van der Waals surface area contributed by atoms with E-state index in [9.17, 15) is 4.79 Å². The van der Waals surface area contributed by atoms with Crippen LogP contribution in [0.2, 0.25) is 5.02 Å². The van der Waals surface area contributed by atoms with Gasteiger partial charge in [-0.15, -0.1) is 11.3 Å². The number of aryl methyl sites for hydroxylation is 2. The minimum atomic E-state index is -0.0130. The van der Waals surface area contributed by atoms with Crippen LogP contribution >= 0.6 is 22.9 Å². The van der Waals surface area contributed by atoms with E-state index < -0.39 is 0 Å². The molecule has 1 amide bonds. The summed E-state index contributed by atoms with van der Waals surface area (Å²) in [7, 11) is 0. The van der Waals surface area contributed by atoms with Crippen LogP contribution in [0, 0.1) is 13.8 Å². The molecule has 4 rings (SSSR count). The number of nitrogens with zero attached hydrogens (tertiary/aromatic N) is 3. The number of rotatable bonds is 4. The Morgan fingerprint density at radius 3 is 2.66 bits per heavy atom. The third-order valence-electron chi connectivity index (χ3n) is 5.07. The lowest BCUT2D eigenvalue weighted by molar-refractivity contribution is 0.0742. The summed E-state index contributed by atoms with van der Waals surface area (Å²) in [6, 6.07) is 14.0. The van der Waals surface area contributed by atoms with Gasteiger partial charge < -0.3 is 15.1 Å². The number of benzene rings is 2. The first-order chi connectivity index (χ1) is 14.0. The smallest absolute Gasteiger partial charge is 0.273 e. The lowest BCUT2D eigenvalue weighted by atomic mass is 10.1. The van der Waals surface area contributed by atoms with Gasteiger partial charge in [0.2, 0.25) is 0 Å². The maximum absolute atomic E-state index is 12.9. The van der Waals surface area contributed by atoms with Crippen LogP contribution in [-0.2, 0) is 0 Å². The Balaban J connectivity index is 1.39. The Bertz CT molecular complexity index is 1030. The zero-order valence-electron chi connectivity index (χ0n) is 16.5. The van der Waals surface area contributed by atoms with Crippen molar-refractivity contribution in [3.05, 3.63) is 69.7 Å². The summed E-state index contributed by atoms with van der Waals surface area (Å²) in [6.07, 6.45) is 0. The first kappa shape index (κ1) is 19.7. The average Bonchev–Trinajstić information content (AvgIpc) is 3.18. The molecule has 1 N–H and O–H groups in total. The molecular weight excluding hydrogens is 404 g/mol. The van der Waals surface area contributed by atoms with Crippen LogP contribution in [0.3, 0.4) is 0 Å². The number of amides is 1. The lowest BCUT2D eigenvalue weighted by Crippen LogP contribution is -2.49. The number of anilines is 3. The lowest BCUT2D eigenvalue weighted by Gasteiger charge is -2.36. The molecule has 1 aliphatic rings. The Labute approximate surface area is 179 Å². The second-order valence-electron chi connectivity index (χ2n) is 7.24. The van der Waals surface area contributed by atoms with Gasteiger partial charge in [-0.2, -0.15) is 0 Å². The maximum atomic E-state index is 12.9. The molecule has 2 aromatic carbocycles. The Morgan fingerprint density at radius 2 is 1.90 bits per heavy atom. The zero-order chi connectivity index (χ0) is 20.4. The third kappa shape index (κ3) is 4.54. The molecule has 7 heteroatoms. The highest BCUT2D eigenvalue weighted by atomic mass is 35.5. The first-order valence-electron chi connectivity index (χ1n) is 9.59. The summed E-state index contributed by atoms with van der Waals surface area (Å²) in [4.78, 5) is 21.6. The van der Waals surface area contributed by atoms with E-state index in [-0.39, 0.29) is 5.91 Å². The van der Waals surface area contributed by atoms with Gasteiger partial charge >= 0.3 is 0 Å². The van der Waals surface area contributed by atoms with Crippen molar-refractivity contribution in [3.63, 3.8) is 0 Å². The Morgan fingerprint density at radius 1 is 1.10 bits per heavy atom. The topological polar surface area (TPSA) is 48.5 Å². The van der Waals surface area contributed by atoms with E-state index >= 15 is 0 Å². The van der Waals surface area contributed by atoms with E-state index in [0.717, 1.165) is 18.8 Å². The number of nitrogens with one attached hydrogen (secondary N) is 1. The van der Waals surface area contributed by atoms with Crippen LogP contribution in [0.5, 0.6) is 0 Å². The summed E-state index contributed by atoms with van der Waals surface area (Å²) < 4.78 is 0. The molecule has 0 radical (unpaired) electrons. The molecule has 5 nitrogen and oxygen atoms in total. The number of piperazine rings is 1. The van der Waals surface area contributed by atoms with Crippen LogP contribution in [0.1, 0.15) is 21.6 Å². The van der Waals surface area contributed by atoms with E-state index in [1.807, 2.05) is 34.5 Å². The highest BCUT2D eigenvalue weighted by molar-refractivity contribution is 7.14. The Hall–Kier alpha value is -2.57. The molecule has 0 saturated carbocycles. The molecule has 0 aliphatic carbocycles. The molecule has 0 unspecified atom stereocenters. The van der Waals surface area contributed by atoms with Crippen molar-refractivity contribution in [3.8, 4) is 0 Å². The van der Waals surface area contributed by atoms with Crippen molar-refractivity contribution < 1.29 is 4.79 Å². The molecule has 3 aromatic rings. The second kappa shape index (κ2) is 8.43. The summed E-state index contributed by atoms with van der Waals surface area (Å²) in [6.45, 7) is 7.29. The number of carbonyl (C=O) groups excluding carboxylic acids is 1. The first-order valence-corrected chi connectivity index (χ1v) is 10.8. The van der Waals surface area contributed by atoms with Crippen molar-refractivity contribution in [2.24, 2.45) is 0 Å². The standard InChI is InChI=1S/C22H23ClN4OS/c1-15-6-7-16(2)20(12-15)26-8-10-27(11-9-26)21(28)19-14-29-22(25-19)24-18-5-3-4-17(23)13-18/h3-7,12-14H,8-11H2,1-2H3,(H,24,25). The zero-order valence-corrected chi connectivity index (χ0v) is 18.1. The fourth-order valence-electron chi connectivity index (χ4n) is 3.49. The molecule has 1 aliphatic heterocycles. The number of aromatic nitrogens is 1. The van der Waals surface area contributed by atoms with Gasteiger partial charge in [-0.3, -0.25) is 4.79 Å². The highest BCUT2D eigenvalue weighted by Crippen LogP contribution is 2.25. The van der Waals surface area contributed by atoms with Gasteiger partial charge in [0.05, 0.1) is 0 Å². The molecule has 0 spiro atoms. The fraction of sp³-hybridized carbons (Fsp3) is 0.273. The van der Waals surface area contributed by atoms with E-state index in [1.165, 1.54) is 28.2 Å². The fourth-order valence-corrected chi connectivity index (χ4v) is 4.39. The van der Waals surface area contributed by atoms with Gasteiger partial charge in [-0.05, 0) is 49.2 Å². The predicted octanol–water partition coefficient (Wildman–Crippen LogP) is 5.12. The molecule has 2 heterocycles. The van der Waals surface area contributed by atoms with E-state index in [1.54, 1.807) is 0 Å². The van der Waals surface area contributed by atoms with E-state index in [2.05, 4.69) is 47.2 Å². The predicted molar refractivity (Wildman–Crippen MR) is 121 cm³/mol. The van der Waals surface area contributed by atoms with Gasteiger partial charge in [0, 0.05) is 48.0 Å². The van der Waals surface area contributed by atoms with Gasteiger partial charge in [0.1, 0.15) is 5.69 Å². The quantitative estimate of drug-likeness (QED) is 0.629. The van der Waals surface area contributed by atoms with Crippen molar-refractivity contribution in [2.45, 2.75) is 13.8 Å². The molecule has 29 heavy (non-hydrogen) atoms. The minimum Gasteiger partial charge on any atom is -0.368 e. The summed E-state index contributed by atoms with van der Waals surface area (Å²) in [5.74, 6) is -0.0130. The van der Waals surface area contributed by atoms with Crippen LogP contribution in [0.15, 0.2) is 47.8 Å². The summed E-state index contributed by atoms with van der Waals surface area (Å²) in [5.41, 5.74) is 5.13. The number of hydrogen-bond acceptors (Lipinski definition) is 5. The maximum Gasteiger partial charge on any atom is 0.273 e. The molecule has 1 saturated heterocycles. The molecule has 0 bridgehead atoms. The summed E-state index contributed by atoms with van der Waals surface area (Å²) >= 11 is 7.44. The number of hydrogen-bond donors (Lipinski definition) is 1. The molecule has 1 aromatic heterocycles. The molecule has 0 atom stereocenters. The third-order valence-corrected chi connectivity index (χ3v) is 6.06. The average molecular weight is 427 g/mol. The number of thiazole rings is 1. The summed E-state index contributed by atoms with van der Waals surface area (Å²) in [5, 5.41) is 6.36. The Kier molecular flexibility index (Phi) is 5.74. The van der Waals surface area contributed by atoms with Gasteiger partial charge in [-0.1, -0.05) is 29.8 Å². The van der Waals surface area contributed by atoms with Crippen molar-refractivity contribution in [1.82, 2.24) is 9.88 Å². The van der Waals surface area contributed by atoms with Crippen LogP contribution < -0.4 is 10.2 Å². The number of halogens is 1. The molecule has 150 valence electrons. The largest absolute Gasteiger partial charge is 0.368 e. The minimum absolute atomic E-state index is 0.0130. The van der Waals surface area contributed by atoms with E-state index in [4.69, 9.17) is 11.6 Å². The molecular formula is C22H23ClN4OS. The van der Waals surface area contributed by atoms with Crippen molar-refractivity contribution >= 4 is 45.4 Å². The van der Waals surface area contributed by atoms with Crippen LogP contribution in [-0.4, -0.2) is 42.0 Å². The monoisotopic (exact) mass is 426 g/mol. The molecule has 1 fully saturated rings. The van der Waals surface area contributed by atoms with Gasteiger partial charge in [0.25, 0.3) is 5.91 Å². The van der Waals surface area contributed by atoms with Gasteiger partial charge in [0.15, 0.2) is 5.13 Å². The normalized spacial score (nSPS) is 14.2. The van der Waals surface area contributed by atoms with Crippen LogP contribution in [0.4, 0.5) is 16.5 Å². The second-order valence-corrected chi connectivity index (χ2v) is 8.54. The van der Waals surface area contributed by atoms with Crippen LogP contribution in [0.25, 0.3) is 0 Å².